The number of nitrogens with zero attached hydrogens (tertiary/aromatic N) is 2. The number of hydrogen-bond donors (Lipinski definition) is 1. The van der Waals surface area contributed by atoms with Gasteiger partial charge in [-0.3, -0.25) is 9.10 Å². The lowest BCUT2D eigenvalue weighted by Gasteiger charge is -2.25. The highest BCUT2D eigenvalue weighted by Crippen LogP contribution is 2.28. The van der Waals surface area contributed by atoms with E-state index >= 15 is 0 Å². The molecule has 0 aliphatic heterocycles. The van der Waals surface area contributed by atoms with Crippen LogP contribution in [0.25, 0.3) is 0 Å². The Kier molecular flexibility index (Phi) is 7.09. The predicted octanol–water partition coefficient (Wildman–Crippen LogP) is 4.38. The summed E-state index contributed by atoms with van der Waals surface area (Å²) >= 11 is 6.04. The van der Waals surface area contributed by atoms with E-state index in [0.29, 0.717) is 22.0 Å². The number of rotatable bonds is 7. The van der Waals surface area contributed by atoms with Gasteiger partial charge in [0, 0.05) is 5.02 Å². The van der Waals surface area contributed by atoms with Crippen LogP contribution >= 0.6 is 11.6 Å². The molecule has 0 aliphatic carbocycles. The Balaban J connectivity index is 1.91. The van der Waals surface area contributed by atoms with Crippen LogP contribution in [0.2, 0.25) is 5.02 Å². The van der Waals surface area contributed by atoms with Gasteiger partial charge in [0.2, 0.25) is 0 Å². The average Bonchev–Trinajstić information content (AvgIpc) is 2.77. The molecule has 3 aromatic rings. The van der Waals surface area contributed by atoms with E-state index in [1.807, 2.05) is 30.3 Å². The quantitative estimate of drug-likeness (QED) is 0.424. The molecule has 1 amide bonds. The van der Waals surface area contributed by atoms with Crippen molar-refractivity contribution in [1.29, 1.82) is 0 Å². The lowest BCUT2D eigenvalue weighted by molar-refractivity contribution is -0.119. The largest absolute Gasteiger partial charge is 0.271 e. The third-order valence-corrected chi connectivity index (χ3v) is 6.59. The Labute approximate surface area is 187 Å². The molecule has 8 heteroatoms. The Morgan fingerprint density at radius 3 is 2.23 bits per heavy atom. The second kappa shape index (κ2) is 9.76. The summed E-state index contributed by atoms with van der Waals surface area (Å²) in [7, 11) is -3.99. The number of hydrogen-bond acceptors (Lipinski definition) is 4. The number of nitrogens with one attached hydrogen (secondary N) is 1. The lowest BCUT2D eigenvalue weighted by Crippen LogP contribution is -2.40. The van der Waals surface area contributed by atoms with Crippen molar-refractivity contribution >= 4 is 38.9 Å². The number of benzene rings is 3. The van der Waals surface area contributed by atoms with Crippen molar-refractivity contribution in [2.45, 2.75) is 18.7 Å². The zero-order valence-electron chi connectivity index (χ0n) is 17.1. The normalized spacial score (nSPS) is 11.8. The van der Waals surface area contributed by atoms with Crippen molar-refractivity contribution in [2.75, 3.05) is 10.8 Å². The second-order valence-corrected chi connectivity index (χ2v) is 9.15. The number of amides is 1. The van der Waals surface area contributed by atoms with E-state index in [0.717, 1.165) is 9.87 Å². The smallest absolute Gasteiger partial charge is 0.264 e. The third-order valence-electron chi connectivity index (χ3n) is 4.59. The van der Waals surface area contributed by atoms with Crippen molar-refractivity contribution in [3.8, 4) is 0 Å². The molecule has 31 heavy (non-hydrogen) atoms. The molecule has 0 aromatic heterocycles. The summed E-state index contributed by atoms with van der Waals surface area (Å²) in [5, 5.41) is 4.58. The molecule has 3 rings (SSSR count). The Morgan fingerprint density at radius 2 is 1.61 bits per heavy atom. The topological polar surface area (TPSA) is 78.8 Å². The highest BCUT2D eigenvalue weighted by atomic mass is 35.5. The summed E-state index contributed by atoms with van der Waals surface area (Å²) in [6.07, 6.45) is 0. The van der Waals surface area contributed by atoms with Gasteiger partial charge in [-0.05, 0) is 55.3 Å². The first-order valence-electron chi connectivity index (χ1n) is 9.51. The molecule has 0 unspecified atom stereocenters. The zero-order chi connectivity index (χ0) is 22.4. The molecular formula is C23H22ClN3O3S. The van der Waals surface area contributed by atoms with Crippen LogP contribution in [0, 0.1) is 6.92 Å². The lowest BCUT2D eigenvalue weighted by atomic mass is 10.1. The molecular weight excluding hydrogens is 434 g/mol. The van der Waals surface area contributed by atoms with Gasteiger partial charge in [-0.15, -0.1) is 0 Å². The molecule has 1 N–H and O–H groups in total. The summed E-state index contributed by atoms with van der Waals surface area (Å²) in [6, 6.07) is 22.2. The van der Waals surface area contributed by atoms with Gasteiger partial charge in [-0.1, -0.05) is 60.1 Å². The van der Waals surface area contributed by atoms with E-state index in [1.54, 1.807) is 50.2 Å². The van der Waals surface area contributed by atoms with Gasteiger partial charge in [-0.25, -0.2) is 13.8 Å². The molecule has 0 bridgehead atoms. The van der Waals surface area contributed by atoms with Crippen LogP contribution in [0.4, 0.5) is 5.69 Å². The van der Waals surface area contributed by atoms with Gasteiger partial charge in [0.15, 0.2) is 0 Å². The second-order valence-electron chi connectivity index (χ2n) is 6.85. The number of halogens is 1. The highest BCUT2D eigenvalue weighted by molar-refractivity contribution is 7.92. The molecule has 0 heterocycles. The number of sulfonamides is 1. The Morgan fingerprint density at radius 1 is 1.00 bits per heavy atom. The number of anilines is 1. The fourth-order valence-electron chi connectivity index (χ4n) is 2.97. The maximum absolute atomic E-state index is 13.3. The molecule has 0 fully saturated rings. The van der Waals surface area contributed by atoms with E-state index in [1.165, 1.54) is 12.1 Å². The van der Waals surface area contributed by atoms with Gasteiger partial charge in [0.25, 0.3) is 15.9 Å². The van der Waals surface area contributed by atoms with Crippen molar-refractivity contribution in [1.82, 2.24) is 5.43 Å². The molecule has 0 radical (unpaired) electrons. The molecule has 0 saturated heterocycles. The van der Waals surface area contributed by atoms with Crippen LogP contribution in [0.3, 0.4) is 0 Å². The van der Waals surface area contributed by atoms with E-state index in [9.17, 15) is 13.2 Å². The van der Waals surface area contributed by atoms with E-state index in [2.05, 4.69) is 10.5 Å². The fraction of sp³-hybridized carbons (Fsp3) is 0.130. The van der Waals surface area contributed by atoms with Crippen LogP contribution in [-0.4, -0.2) is 26.6 Å². The maximum Gasteiger partial charge on any atom is 0.264 e. The highest BCUT2D eigenvalue weighted by Gasteiger charge is 2.28. The van der Waals surface area contributed by atoms with Crippen LogP contribution in [-0.2, 0) is 14.8 Å². The van der Waals surface area contributed by atoms with E-state index in [4.69, 9.17) is 11.6 Å². The van der Waals surface area contributed by atoms with Crippen LogP contribution < -0.4 is 9.73 Å². The Bertz CT molecular complexity index is 1200. The summed E-state index contributed by atoms with van der Waals surface area (Å²) in [5.74, 6) is -0.566. The molecule has 0 saturated carbocycles. The standard InChI is InChI=1S/C23H22ClN3O3S/c1-17-15-20(24)13-14-22(17)27(31(29,30)21-11-7-4-8-12-21)16-23(28)26-25-18(2)19-9-5-3-6-10-19/h3-15H,16H2,1-2H3,(H,26,28)/b25-18-. The van der Waals surface area contributed by atoms with Gasteiger partial charge >= 0.3 is 0 Å². The molecule has 3 aromatic carbocycles. The molecule has 0 atom stereocenters. The minimum absolute atomic E-state index is 0.0844. The summed E-state index contributed by atoms with van der Waals surface area (Å²) in [5.41, 5.74) is 4.91. The summed E-state index contributed by atoms with van der Waals surface area (Å²) in [6.45, 7) is 3.06. The average molecular weight is 456 g/mol. The number of aryl methyl sites for hydroxylation is 1. The molecule has 0 aliphatic rings. The van der Waals surface area contributed by atoms with Crippen LogP contribution in [0.5, 0.6) is 0 Å². The zero-order valence-corrected chi connectivity index (χ0v) is 18.7. The first kappa shape index (κ1) is 22.5. The minimum atomic E-state index is -3.99. The van der Waals surface area contributed by atoms with E-state index < -0.39 is 22.5 Å². The monoisotopic (exact) mass is 455 g/mol. The van der Waals surface area contributed by atoms with Crippen molar-refractivity contribution in [2.24, 2.45) is 5.10 Å². The van der Waals surface area contributed by atoms with Crippen molar-refractivity contribution < 1.29 is 13.2 Å². The first-order valence-corrected chi connectivity index (χ1v) is 11.3. The van der Waals surface area contributed by atoms with Gasteiger partial charge < -0.3 is 0 Å². The van der Waals surface area contributed by atoms with Gasteiger partial charge in [0.05, 0.1) is 16.3 Å². The number of hydrazone groups is 1. The van der Waals surface area contributed by atoms with Crippen LogP contribution in [0.15, 0.2) is 88.9 Å². The third kappa shape index (κ3) is 5.51. The number of carbonyl (C=O) groups is 1. The number of carbonyl (C=O) groups excluding carboxylic acids is 1. The maximum atomic E-state index is 13.3. The summed E-state index contributed by atoms with van der Waals surface area (Å²) in [4.78, 5) is 12.8. The summed E-state index contributed by atoms with van der Waals surface area (Å²) < 4.78 is 27.8. The van der Waals surface area contributed by atoms with E-state index in [-0.39, 0.29) is 4.90 Å². The van der Waals surface area contributed by atoms with Crippen molar-refractivity contribution in [3.05, 3.63) is 95.0 Å². The SMILES string of the molecule is C/C(=N/NC(=O)CN(c1ccc(Cl)cc1C)S(=O)(=O)c1ccccc1)c1ccccc1. The molecule has 0 spiro atoms. The molecule has 160 valence electrons. The van der Waals surface area contributed by atoms with Gasteiger partial charge in [0.1, 0.15) is 6.54 Å². The van der Waals surface area contributed by atoms with Gasteiger partial charge in [-0.2, -0.15) is 5.10 Å². The minimum Gasteiger partial charge on any atom is -0.271 e. The Hall–Kier alpha value is -3.16. The first-order chi connectivity index (χ1) is 14.8. The van der Waals surface area contributed by atoms with Crippen molar-refractivity contribution in [3.63, 3.8) is 0 Å². The van der Waals surface area contributed by atoms with Crippen LogP contribution in [0.1, 0.15) is 18.1 Å². The fourth-order valence-corrected chi connectivity index (χ4v) is 4.71. The molecule has 6 nitrogen and oxygen atoms in total. The predicted molar refractivity (Wildman–Crippen MR) is 124 cm³/mol.